The van der Waals surface area contributed by atoms with Crippen molar-refractivity contribution in [3.05, 3.63) is 12.2 Å². The monoisotopic (exact) mass is 208 g/mol. The summed E-state index contributed by atoms with van der Waals surface area (Å²) >= 11 is 0. The minimum atomic E-state index is -0.00514. The van der Waals surface area contributed by atoms with Gasteiger partial charge in [0.2, 0.25) is 0 Å². The van der Waals surface area contributed by atoms with Gasteiger partial charge < -0.3 is 5.32 Å². The molecule has 2 nitrogen and oxygen atoms in total. The Morgan fingerprint density at radius 2 is 1.93 bits per heavy atom. The van der Waals surface area contributed by atoms with Crippen LogP contribution in [0, 0.1) is 11.3 Å². The van der Waals surface area contributed by atoms with Crippen LogP contribution in [0.5, 0.6) is 0 Å². The van der Waals surface area contributed by atoms with Crippen LogP contribution in [-0.2, 0) is 0 Å². The van der Waals surface area contributed by atoms with Gasteiger partial charge in [0.25, 0.3) is 0 Å². The fourth-order valence-electron chi connectivity index (χ4n) is 1.33. The molecule has 0 aliphatic heterocycles. The number of nitriles is 1. The van der Waals surface area contributed by atoms with Crippen LogP contribution >= 0.6 is 0 Å². The van der Waals surface area contributed by atoms with Crippen molar-refractivity contribution in [2.75, 3.05) is 6.54 Å². The summed E-state index contributed by atoms with van der Waals surface area (Å²) in [6.45, 7) is 5.06. The first-order chi connectivity index (χ1) is 7.31. The number of nitrogens with one attached hydrogen (secondary N) is 1. The third-order valence-corrected chi connectivity index (χ3v) is 2.31. The first-order valence-electron chi connectivity index (χ1n) is 6.09. The zero-order chi connectivity index (χ0) is 11.4. The molecular weight excluding hydrogens is 184 g/mol. The molecule has 2 heteroatoms. The molecular formula is C13H24N2. The first-order valence-corrected chi connectivity index (χ1v) is 6.09. The van der Waals surface area contributed by atoms with Crippen LogP contribution in [-0.4, -0.2) is 12.6 Å². The Morgan fingerprint density at radius 1 is 1.20 bits per heavy atom. The van der Waals surface area contributed by atoms with E-state index in [-0.39, 0.29) is 6.04 Å². The number of hydrogen-bond acceptors (Lipinski definition) is 2. The van der Waals surface area contributed by atoms with Crippen LogP contribution in [0.2, 0.25) is 0 Å². The van der Waals surface area contributed by atoms with Crippen molar-refractivity contribution in [2.45, 2.75) is 58.4 Å². The Kier molecular flexibility index (Phi) is 10.7. The second kappa shape index (κ2) is 11.3. The first kappa shape index (κ1) is 14.2. The van der Waals surface area contributed by atoms with Crippen molar-refractivity contribution in [3.8, 4) is 6.07 Å². The molecule has 0 bridgehead atoms. The van der Waals surface area contributed by atoms with E-state index in [9.17, 15) is 0 Å². The molecule has 0 aromatic heterocycles. The zero-order valence-corrected chi connectivity index (χ0v) is 10.1. The van der Waals surface area contributed by atoms with Gasteiger partial charge in [-0.2, -0.15) is 5.26 Å². The smallest absolute Gasteiger partial charge is 0.0924 e. The van der Waals surface area contributed by atoms with E-state index in [0.717, 1.165) is 6.54 Å². The van der Waals surface area contributed by atoms with E-state index in [0.29, 0.717) is 0 Å². The molecule has 0 aliphatic rings. The average Bonchev–Trinajstić information content (AvgIpc) is 2.26. The van der Waals surface area contributed by atoms with E-state index < -0.39 is 0 Å². The average molecular weight is 208 g/mol. The Hall–Kier alpha value is -0.810. The Morgan fingerprint density at radius 3 is 2.60 bits per heavy atom. The molecule has 0 radical (unpaired) electrons. The summed E-state index contributed by atoms with van der Waals surface area (Å²) in [6, 6.07) is 2.16. The molecule has 0 saturated carbocycles. The minimum absolute atomic E-state index is 0.00514. The van der Waals surface area contributed by atoms with Gasteiger partial charge in [0, 0.05) is 0 Å². The predicted octanol–water partition coefficient (Wildman–Crippen LogP) is 3.40. The lowest BCUT2D eigenvalue weighted by Gasteiger charge is -2.04. The van der Waals surface area contributed by atoms with E-state index >= 15 is 0 Å². The van der Waals surface area contributed by atoms with Crippen LogP contribution < -0.4 is 5.32 Å². The maximum Gasteiger partial charge on any atom is 0.0924 e. The van der Waals surface area contributed by atoms with Crippen molar-refractivity contribution in [2.24, 2.45) is 0 Å². The van der Waals surface area contributed by atoms with Gasteiger partial charge in [-0.1, -0.05) is 31.9 Å². The zero-order valence-electron chi connectivity index (χ0n) is 10.1. The van der Waals surface area contributed by atoms with Gasteiger partial charge in [0.05, 0.1) is 12.1 Å². The van der Waals surface area contributed by atoms with Crippen LogP contribution in [0.25, 0.3) is 0 Å². The van der Waals surface area contributed by atoms with E-state index in [2.05, 4.69) is 30.5 Å². The third-order valence-electron chi connectivity index (χ3n) is 2.31. The normalized spacial score (nSPS) is 12.9. The van der Waals surface area contributed by atoms with Crippen LogP contribution in [0.15, 0.2) is 12.2 Å². The molecule has 1 unspecified atom stereocenters. The molecule has 0 heterocycles. The fourth-order valence-corrected chi connectivity index (χ4v) is 1.33. The van der Waals surface area contributed by atoms with E-state index in [1.54, 1.807) is 0 Å². The van der Waals surface area contributed by atoms with Crippen molar-refractivity contribution < 1.29 is 0 Å². The van der Waals surface area contributed by atoms with Gasteiger partial charge in [-0.15, -0.1) is 0 Å². The molecule has 86 valence electrons. The SMILES string of the molecule is CCC/C=C/CCCCCNC(C)C#N. The van der Waals surface area contributed by atoms with Gasteiger partial charge >= 0.3 is 0 Å². The lowest BCUT2D eigenvalue weighted by atomic mass is 10.1. The number of unbranched alkanes of at least 4 members (excludes halogenated alkanes) is 4. The molecule has 15 heavy (non-hydrogen) atoms. The van der Waals surface area contributed by atoms with Gasteiger partial charge in [-0.3, -0.25) is 0 Å². The largest absolute Gasteiger partial charge is 0.302 e. The standard InChI is InChI=1S/C13H24N2/c1-3-4-5-6-7-8-9-10-11-15-13(2)12-14/h5-6,13,15H,3-4,7-11H2,1-2H3/b6-5+. The van der Waals surface area contributed by atoms with Crippen molar-refractivity contribution in [1.29, 1.82) is 5.26 Å². The van der Waals surface area contributed by atoms with Crippen molar-refractivity contribution in [3.63, 3.8) is 0 Å². The summed E-state index contributed by atoms with van der Waals surface area (Å²) in [7, 11) is 0. The van der Waals surface area contributed by atoms with Crippen LogP contribution in [0.3, 0.4) is 0 Å². The lowest BCUT2D eigenvalue weighted by Crippen LogP contribution is -2.25. The van der Waals surface area contributed by atoms with Crippen LogP contribution in [0.1, 0.15) is 52.4 Å². The molecule has 0 fully saturated rings. The Bertz CT molecular complexity index is 191. The minimum Gasteiger partial charge on any atom is -0.302 e. The van der Waals surface area contributed by atoms with Crippen molar-refractivity contribution >= 4 is 0 Å². The summed E-state index contributed by atoms with van der Waals surface area (Å²) in [5, 5.41) is 11.7. The number of hydrogen-bond donors (Lipinski definition) is 1. The molecule has 0 aromatic carbocycles. The lowest BCUT2D eigenvalue weighted by molar-refractivity contribution is 0.581. The molecule has 0 spiro atoms. The highest BCUT2D eigenvalue weighted by Crippen LogP contribution is 2.01. The highest BCUT2D eigenvalue weighted by molar-refractivity contribution is 4.85. The van der Waals surface area contributed by atoms with Crippen molar-refractivity contribution in [1.82, 2.24) is 5.32 Å². The quantitative estimate of drug-likeness (QED) is 0.465. The second-order valence-corrected chi connectivity index (χ2v) is 3.91. The molecule has 0 amide bonds. The molecule has 1 atom stereocenters. The number of nitrogens with zero attached hydrogens (tertiary/aromatic N) is 1. The molecule has 0 aliphatic carbocycles. The number of allylic oxidation sites excluding steroid dienone is 2. The highest BCUT2D eigenvalue weighted by Gasteiger charge is 1.95. The van der Waals surface area contributed by atoms with E-state index in [1.807, 2.05) is 6.92 Å². The summed E-state index contributed by atoms with van der Waals surface area (Å²) in [5.74, 6) is 0. The molecule has 0 saturated heterocycles. The summed E-state index contributed by atoms with van der Waals surface area (Å²) in [6.07, 6.45) is 11.9. The molecule has 0 rings (SSSR count). The van der Waals surface area contributed by atoms with E-state index in [4.69, 9.17) is 5.26 Å². The maximum absolute atomic E-state index is 8.54. The Balaban J connectivity index is 3.09. The highest BCUT2D eigenvalue weighted by atomic mass is 14.9. The van der Waals surface area contributed by atoms with Gasteiger partial charge in [-0.05, 0) is 39.2 Å². The van der Waals surface area contributed by atoms with Gasteiger partial charge in [0.1, 0.15) is 0 Å². The van der Waals surface area contributed by atoms with Crippen LogP contribution in [0.4, 0.5) is 0 Å². The predicted molar refractivity (Wildman–Crippen MR) is 65.6 cm³/mol. The second-order valence-electron chi connectivity index (χ2n) is 3.91. The number of rotatable bonds is 9. The van der Waals surface area contributed by atoms with E-state index in [1.165, 1.54) is 38.5 Å². The van der Waals surface area contributed by atoms with Gasteiger partial charge in [0.15, 0.2) is 0 Å². The third kappa shape index (κ3) is 11.1. The Labute approximate surface area is 94.4 Å². The molecule has 0 aromatic rings. The van der Waals surface area contributed by atoms with Gasteiger partial charge in [-0.25, -0.2) is 0 Å². The fraction of sp³-hybridized carbons (Fsp3) is 0.769. The topological polar surface area (TPSA) is 35.8 Å². The summed E-state index contributed by atoms with van der Waals surface area (Å²) in [5.41, 5.74) is 0. The summed E-state index contributed by atoms with van der Waals surface area (Å²) < 4.78 is 0. The summed E-state index contributed by atoms with van der Waals surface area (Å²) in [4.78, 5) is 0. The maximum atomic E-state index is 8.54. The molecule has 1 N–H and O–H groups in total.